The lowest BCUT2D eigenvalue weighted by molar-refractivity contribution is -0.148. The van der Waals surface area contributed by atoms with Crippen LogP contribution in [0.4, 0.5) is 5.69 Å². The van der Waals surface area contributed by atoms with Crippen LogP contribution in [-0.4, -0.2) is 47.0 Å². The van der Waals surface area contributed by atoms with Crippen molar-refractivity contribution in [3.05, 3.63) is 65.2 Å². The van der Waals surface area contributed by atoms with E-state index in [4.69, 9.17) is 4.74 Å². The third-order valence-corrected chi connectivity index (χ3v) is 4.85. The number of amides is 3. The van der Waals surface area contributed by atoms with E-state index in [1.165, 1.54) is 31.2 Å². The van der Waals surface area contributed by atoms with Gasteiger partial charge in [0.05, 0.1) is 11.1 Å². The standard InChI is InChI=1S/C23H22N2O6/c1-13(2)20(25-21(28)17-6-4-5-7-18(17)22(25)29)23(30)31-12-19(27)15-8-10-16(11-9-15)24-14(3)26/h4-11,13,20H,12H2,1-3H3,(H,24,26). The van der Waals surface area contributed by atoms with Gasteiger partial charge in [0.15, 0.2) is 12.4 Å². The van der Waals surface area contributed by atoms with E-state index < -0.39 is 42.1 Å². The van der Waals surface area contributed by atoms with Gasteiger partial charge in [-0.05, 0) is 42.3 Å². The zero-order valence-electron chi connectivity index (χ0n) is 17.4. The molecule has 1 aliphatic heterocycles. The molecule has 1 atom stereocenters. The number of carbonyl (C=O) groups excluding carboxylic acids is 5. The van der Waals surface area contributed by atoms with Crippen molar-refractivity contribution in [2.75, 3.05) is 11.9 Å². The number of rotatable bonds is 7. The molecule has 3 rings (SSSR count). The zero-order chi connectivity index (χ0) is 22.7. The Kier molecular flexibility index (Phi) is 6.29. The first kappa shape index (κ1) is 21.9. The predicted molar refractivity (Wildman–Crippen MR) is 112 cm³/mol. The fourth-order valence-corrected chi connectivity index (χ4v) is 3.38. The lowest BCUT2D eigenvalue weighted by atomic mass is 10.0. The summed E-state index contributed by atoms with van der Waals surface area (Å²) in [5.41, 5.74) is 1.30. The number of imide groups is 1. The van der Waals surface area contributed by atoms with Crippen LogP contribution in [0.2, 0.25) is 0 Å². The van der Waals surface area contributed by atoms with Gasteiger partial charge < -0.3 is 10.1 Å². The topological polar surface area (TPSA) is 110 Å². The number of nitrogens with one attached hydrogen (secondary N) is 1. The molecule has 0 bridgehead atoms. The summed E-state index contributed by atoms with van der Waals surface area (Å²) < 4.78 is 5.18. The largest absolute Gasteiger partial charge is 0.456 e. The van der Waals surface area contributed by atoms with E-state index in [0.717, 1.165) is 4.90 Å². The smallest absolute Gasteiger partial charge is 0.330 e. The number of esters is 1. The Balaban J connectivity index is 1.69. The number of carbonyl (C=O) groups is 5. The van der Waals surface area contributed by atoms with Crippen LogP contribution in [0, 0.1) is 5.92 Å². The van der Waals surface area contributed by atoms with Gasteiger partial charge in [-0.3, -0.25) is 24.1 Å². The zero-order valence-corrected chi connectivity index (χ0v) is 17.4. The highest BCUT2D eigenvalue weighted by Crippen LogP contribution is 2.27. The molecular weight excluding hydrogens is 400 g/mol. The lowest BCUT2D eigenvalue weighted by Gasteiger charge is -2.27. The summed E-state index contributed by atoms with van der Waals surface area (Å²) in [6.07, 6.45) is 0. The van der Waals surface area contributed by atoms with Gasteiger partial charge in [0.2, 0.25) is 5.91 Å². The molecule has 1 aliphatic rings. The molecule has 0 aromatic heterocycles. The Morgan fingerprint density at radius 3 is 1.97 bits per heavy atom. The second-order valence-corrected chi connectivity index (χ2v) is 7.50. The number of anilines is 1. The van der Waals surface area contributed by atoms with Crippen LogP contribution in [0.3, 0.4) is 0 Å². The number of nitrogens with zero attached hydrogens (tertiary/aromatic N) is 1. The molecule has 0 saturated carbocycles. The first-order valence-corrected chi connectivity index (χ1v) is 9.75. The highest BCUT2D eigenvalue weighted by atomic mass is 16.5. The molecule has 1 unspecified atom stereocenters. The van der Waals surface area contributed by atoms with Crippen LogP contribution >= 0.6 is 0 Å². The summed E-state index contributed by atoms with van der Waals surface area (Å²) >= 11 is 0. The molecule has 1 heterocycles. The van der Waals surface area contributed by atoms with Gasteiger partial charge >= 0.3 is 5.97 Å². The van der Waals surface area contributed by atoms with Crippen LogP contribution in [0.1, 0.15) is 51.8 Å². The molecule has 0 aliphatic carbocycles. The molecule has 0 radical (unpaired) electrons. The van der Waals surface area contributed by atoms with Crippen LogP contribution in [0.25, 0.3) is 0 Å². The van der Waals surface area contributed by atoms with E-state index >= 15 is 0 Å². The summed E-state index contributed by atoms with van der Waals surface area (Å²) in [5.74, 6) is -3.05. The van der Waals surface area contributed by atoms with E-state index in [-0.39, 0.29) is 17.0 Å². The number of benzene rings is 2. The van der Waals surface area contributed by atoms with E-state index in [2.05, 4.69) is 5.32 Å². The van der Waals surface area contributed by atoms with Gasteiger partial charge in [0.25, 0.3) is 11.8 Å². The Bertz CT molecular complexity index is 1020. The minimum absolute atomic E-state index is 0.235. The fraction of sp³-hybridized carbons (Fsp3) is 0.261. The Hall–Kier alpha value is -3.81. The second kappa shape index (κ2) is 8.91. The lowest BCUT2D eigenvalue weighted by Crippen LogP contribution is -2.49. The van der Waals surface area contributed by atoms with Crippen LogP contribution in [0.5, 0.6) is 0 Å². The summed E-state index contributed by atoms with van der Waals surface area (Å²) in [7, 11) is 0. The highest BCUT2D eigenvalue weighted by Gasteiger charge is 2.44. The van der Waals surface area contributed by atoms with Crippen LogP contribution in [-0.2, 0) is 14.3 Å². The Labute approximate surface area is 179 Å². The van der Waals surface area contributed by atoms with Crippen molar-refractivity contribution in [2.24, 2.45) is 5.92 Å². The minimum atomic E-state index is -1.15. The SMILES string of the molecule is CC(=O)Nc1ccc(C(=O)COC(=O)C(C(C)C)N2C(=O)c3ccccc3C2=O)cc1. The predicted octanol–water partition coefficient (Wildman–Crippen LogP) is 2.69. The molecular formula is C23H22N2O6. The monoisotopic (exact) mass is 422 g/mol. The van der Waals surface area contributed by atoms with Gasteiger partial charge in [-0.2, -0.15) is 0 Å². The van der Waals surface area contributed by atoms with Crippen LogP contribution in [0.15, 0.2) is 48.5 Å². The molecule has 0 fully saturated rings. The Morgan fingerprint density at radius 2 is 1.48 bits per heavy atom. The van der Waals surface area contributed by atoms with Crippen molar-refractivity contribution >= 4 is 35.2 Å². The number of fused-ring (bicyclic) bond motifs is 1. The van der Waals surface area contributed by atoms with Crippen molar-refractivity contribution in [3.8, 4) is 0 Å². The van der Waals surface area contributed by atoms with Crippen LogP contribution < -0.4 is 5.32 Å². The molecule has 8 nitrogen and oxygen atoms in total. The van der Waals surface area contributed by atoms with Gasteiger partial charge in [-0.25, -0.2) is 4.79 Å². The van der Waals surface area contributed by atoms with Crippen molar-refractivity contribution in [3.63, 3.8) is 0 Å². The normalized spacial score (nSPS) is 13.7. The van der Waals surface area contributed by atoms with Gasteiger partial charge in [-0.15, -0.1) is 0 Å². The first-order valence-electron chi connectivity index (χ1n) is 9.75. The number of ketones is 1. The molecule has 8 heteroatoms. The quantitative estimate of drug-likeness (QED) is 0.417. The number of hydrogen-bond donors (Lipinski definition) is 1. The highest BCUT2D eigenvalue weighted by molar-refractivity contribution is 6.22. The molecule has 2 aromatic carbocycles. The maximum atomic E-state index is 12.8. The third-order valence-electron chi connectivity index (χ3n) is 4.85. The van der Waals surface area contributed by atoms with Gasteiger partial charge in [0, 0.05) is 18.2 Å². The minimum Gasteiger partial charge on any atom is -0.456 e. The van der Waals surface area contributed by atoms with E-state index in [1.807, 2.05) is 0 Å². The van der Waals surface area contributed by atoms with Crippen molar-refractivity contribution in [1.82, 2.24) is 4.90 Å². The summed E-state index contributed by atoms with van der Waals surface area (Å²) in [6.45, 7) is 4.22. The molecule has 2 aromatic rings. The molecule has 1 N–H and O–H groups in total. The fourth-order valence-electron chi connectivity index (χ4n) is 3.38. The summed E-state index contributed by atoms with van der Waals surface area (Å²) in [4.78, 5) is 62.6. The van der Waals surface area contributed by atoms with E-state index in [1.54, 1.807) is 38.1 Å². The Morgan fingerprint density at radius 1 is 0.935 bits per heavy atom. The number of hydrogen-bond acceptors (Lipinski definition) is 6. The molecule has 31 heavy (non-hydrogen) atoms. The maximum Gasteiger partial charge on any atom is 0.330 e. The van der Waals surface area contributed by atoms with Gasteiger partial charge in [0.1, 0.15) is 6.04 Å². The average molecular weight is 422 g/mol. The molecule has 160 valence electrons. The van der Waals surface area contributed by atoms with Crippen molar-refractivity contribution in [2.45, 2.75) is 26.8 Å². The van der Waals surface area contributed by atoms with Gasteiger partial charge in [-0.1, -0.05) is 26.0 Å². The summed E-state index contributed by atoms with van der Waals surface area (Å²) in [6, 6.07) is 11.3. The molecule has 0 spiro atoms. The maximum absolute atomic E-state index is 12.8. The second-order valence-electron chi connectivity index (χ2n) is 7.50. The van der Waals surface area contributed by atoms with E-state index in [9.17, 15) is 24.0 Å². The first-order chi connectivity index (χ1) is 14.7. The number of Topliss-reactive ketones (excluding diaryl/α,β-unsaturated/α-hetero) is 1. The molecule has 3 amide bonds. The number of ether oxygens (including phenoxy) is 1. The molecule has 0 saturated heterocycles. The third kappa shape index (κ3) is 4.53. The average Bonchev–Trinajstić information content (AvgIpc) is 2.97. The van der Waals surface area contributed by atoms with Crippen molar-refractivity contribution in [1.29, 1.82) is 0 Å². The van der Waals surface area contributed by atoms with Crippen molar-refractivity contribution < 1.29 is 28.7 Å². The van der Waals surface area contributed by atoms with E-state index in [0.29, 0.717) is 11.3 Å². The summed E-state index contributed by atoms with van der Waals surface area (Å²) in [5, 5.41) is 2.59.